The summed E-state index contributed by atoms with van der Waals surface area (Å²) in [5.41, 5.74) is 1.95. The summed E-state index contributed by atoms with van der Waals surface area (Å²) in [6.45, 7) is 5.14. The lowest BCUT2D eigenvalue weighted by atomic mass is 9.98. The molecule has 5 nitrogen and oxygen atoms in total. The molecule has 8 heteroatoms. The lowest BCUT2D eigenvalue weighted by Gasteiger charge is -2.23. The standard InChI is InChI=1S/C19H22F2N2O3S/c1-12(2)15-7-5-6-13(3)19(15)22-18(24)11-23(27(4,25)26)17-9-8-14(20)10-16(17)21/h5-10,12H,11H2,1-4H3,(H,22,24). The van der Waals surface area contributed by atoms with Gasteiger partial charge in [-0.2, -0.15) is 0 Å². The Hall–Kier alpha value is -2.48. The Morgan fingerprint density at radius 3 is 2.41 bits per heavy atom. The Kier molecular flexibility index (Phi) is 6.20. The van der Waals surface area contributed by atoms with Crippen LogP contribution in [0.3, 0.4) is 0 Å². The first-order valence-electron chi connectivity index (χ1n) is 8.33. The number of sulfonamides is 1. The number of halogens is 2. The van der Waals surface area contributed by atoms with E-state index in [1.807, 2.05) is 39.0 Å². The summed E-state index contributed by atoms with van der Waals surface area (Å²) in [7, 11) is -3.97. The number of carbonyl (C=O) groups is 1. The molecule has 0 spiro atoms. The summed E-state index contributed by atoms with van der Waals surface area (Å²) in [6, 6.07) is 8.08. The van der Waals surface area contributed by atoms with Crippen LogP contribution < -0.4 is 9.62 Å². The van der Waals surface area contributed by atoms with Crippen molar-refractivity contribution in [1.29, 1.82) is 0 Å². The van der Waals surface area contributed by atoms with Crippen LogP contribution in [0.2, 0.25) is 0 Å². The van der Waals surface area contributed by atoms with Crippen LogP contribution in [0.15, 0.2) is 36.4 Å². The molecule has 0 aliphatic heterocycles. The predicted molar refractivity (Wildman–Crippen MR) is 102 cm³/mol. The second kappa shape index (κ2) is 8.04. The summed E-state index contributed by atoms with van der Waals surface area (Å²) in [5.74, 6) is -2.39. The van der Waals surface area contributed by atoms with Gasteiger partial charge >= 0.3 is 0 Å². The normalized spacial score (nSPS) is 11.5. The van der Waals surface area contributed by atoms with Gasteiger partial charge in [-0.1, -0.05) is 32.0 Å². The Morgan fingerprint density at radius 1 is 1.19 bits per heavy atom. The van der Waals surface area contributed by atoms with E-state index in [9.17, 15) is 22.0 Å². The molecule has 0 fully saturated rings. The molecule has 0 aliphatic carbocycles. The fourth-order valence-corrected chi connectivity index (χ4v) is 3.57. The van der Waals surface area contributed by atoms with Gasteiger partial charge in [-0.25, -0.2) is 17.2 Å². The lowest BCUT2D eigenvalue weighted by molar-refractivity contribution is -0.114. The van der Waals surface area contributed by atoms with Gasteiger partial charge in [-0.3, -0.25) is 9.10 Å². The molecule has 2 aromatic carbocycles. The Balaban J connectivity index is 2.34. The molecule has 1 N–H and O–H groups in total. The first-order chi connectivity index (χ1) is 12.5. The molecule has 146 valence electrons. The van der Waals surface area contributed by atoms with E-state index in [-0.39, 0.29) is 11.6 Å². The number of benzene rings is 2. The van der Waals surface area contributed by atoms with Crippen LogP contribution >= 0.6 is 0 Å². The van der Waals surface area contributed by atoms with Gasteiger partial charge in [0.25, 0.3) is 0 Å². The van der Waals surface area contributed by atoms with Crippen LogP contribution in [-0.4, -0.2) is 27.1 Å². The van der Waals surface area contributed by atoms with E-state index in [2.05, 4.69) is 5.32 Å². The maximum absolute atomic E-state index is 14.1. The molecule has 27 heavy (non-hydrogen) atoms. The van der Waals surface area contributed by atoms with Gasteiger partial charge in [0.15, 0.2) is 0 Å². The van der Waals surface area contributed by atoms with E-state index in [0.29, 0.717) is 16.1 Å². The Labute approximate surface area is 158 Å². The van der Waals surface area contributed by atoms with Gasteiger partial charge in [0.2, 0.25) is 15.9 Å². The molecule has 0 heterocycles. The number of rotatable bonds is 6. The molecule has 0 bridgehead atoms. The zero-order valence-electron chi connectivity index (χ0n) is 15.6. The van der Waals surface area contributed by atoms with Gasteiger partial charge in [-0.15, -0.1) is 0 Å². The number of hydrogen-bond acceptors (Lipinski definition) is 3. The van der Waals surface area contributed by atoms with Crippen LogP contribution in [0.25, 0.3) is 0 Å². The minimum Gasteiger partial charge on any atom is -0.324 e. The van der Waals surface area contributed by atoms with Crippen molar-refractivity contribution >= 4 is 27.3 Å². The van der Waals surface area contributed by atoms with Crippen molar-refractivity contribution in [2.45, 2.75) is 26.7 Å². The van der Waals surface area contributed by atoms with E-state index >= 15 is 0 Å². The summed E-state index contributed by atoms with van der Waals surface area (Å²) >= 11 is 0. The van der Waals surface area contributed by atoms with Crippen molar-refractivity contribution in [1.82, 2.24) is 0 Å². The lowest BCUT2D eigenvalue weighted by Crippen LogP contribution is -2.38. The molecule has 0 unspecified atom stereocenters. The van der Waals surface area contributed by atoms with Crippen molar-refractivity contribution in [3.63, 3.8) is 0 Å². The van der Waals surface area contributed by atoms with Crippen LogP contribution in [0, 0.1) is 18.6 Å². The maximum atomic E-state index is 14.1. The third-order valence-electron chi connectivity index (χ3n) is 4.06. The molecule has 1 amide bonds. The van der Waals surface area contributed by atoms with Crippen LogP contribution in [0.5, 0.6) is 0 Å². The Morgan fingerprint density at radius 2 is 1.85 bits per heavy atom. The third kappa shape index (κ3) is 5.03. The highest BCUT2D eigenvalue weighted by molar-refractivity contribution is 7.92. The first kappa shape index (κ1) is 20.8. The molecule has 0 saturated heterocycles. The van der Waals surface area contributed by atoms with E-state index in [4.69, 9.17) is 0 Å². The number of hydrogen-bond donors (Lipinski definition) is 1. The number of carbonyl (C=O) groups excluding carboxylic acids is 1. The van der Waals surface area contributed by atoms with E-state index in [0.717, 1.165) is 29.5 Å². The summed E-state index contributed by atoms with van der Waals surface area (Å²) in [4.78, 5) is 12.5. The van der Waals surface area contributed by atoms with Crippen molar-refractivity contribution in [2.24, 2.45) is 0 Å². The number of amides is 1. The fourth-order valence-electron chi connectivity index (χ4n) is 2.72. The molecular formula is C19H22F2N2O3S. The smallest absolute Gasteiger partial charge is 0.245 e. The maximum Gasteiger partial charge on any atom is 0.245 e. The second-order valence-corrected chi connectivity index (χ2v) is 8.51. The number of para-hydroxylation sites is 1. The van der Waals surface area contributed by atoms with Crippen molar-refractivity contribution in [2.75, 3.05) is 22.4 Å². The molecular weight excluding hydrogens is 374 g/mol. The highest BCUT2D eigenvalue weighted by Crippen LogP contribution is 2.28. The number of nitrogens with one attached hydrogen (secondary N) is 1. The highest BCUT2D eigenvalue weighted by atomic mass is 32.2. The largest absolute Gasteiger partial charge is 0.324 e. The van der Waals surface area contributed by atoms with Crippen LogP contribution in [-0.2, 0) is 14.8 Å². The topological polar surface area (TPSA) is 66.5 Å². The van der Waals surface area contributed by atoms with Crippen molar-refractivity contribution in [3.05, 3.63) is 59.2 Å². The number of aryl methyl sites for hydroxylation is 1. The van der Waals surface area contributed by atoms with E-state index in [1.165, 1.54) is 0 Å². The zero-order valence-corrected chi connectivity index (χ0v) is 16.4. The average molecular weight is 396 g/mol. The SMILES string of the molecule is Cc1cccc(C(C)C)c1NC(=O)CN(c1ccc(F)cc1F)S(C)(=O)=O. The minimum absolute atomic E-state index is 0.140. The highest BCUT2D eigenvalue weighted by Gasteiger charge is 2.24. The van der Waals surface area contributed by atoms with Gasteiger partial charge in [0.1, 0.15) is 18.2 Å². The quantitative estimate of drug-likeness (QED) is 0.808. The van der Waals surface area contributed by atoms with Crippen LogP contribution in [0.4, 0.5) is 20.2 Å². The summed E-state index contributed by atoms with van der Waals surface area (Å²) in [6.07, 6.45) is 0.858. The third-order valence-corrected chi connectivity index (χ3v) is 5.18. The van der Waals surface area contributed by atoms with E-state index < -0.39 is 34.1 Å². The van der Waals surface area contributed by atoms with E-state index in [1.54, 1.807) is 0 Å². The second-order valence-electron chi connectivity index (χ2n) is 6.61. The predicted octanol–water partition coefficient (Wildman–Crippen LogP) is 3.80. The Bertz CT molecular complexity index is 959. The van der Waals surface area contributed by atoms with Gasteiger partial charge in [0.05, 0.1) is 11.9 Å². The molecule has 0 atom stereocenters. The zero-order chi connectivity index (χ0) is 20.4. The van der Waals surface area contributed by atoms with Crippen molar-refractivity contribution < 1.29 is 22.0 Å². The fraction of sp³-hybridized carbons (Fsp3) is 0.316. The summed E-state index contributed by atoms with van der Waals surface area (Å²) in [5, 5.41) is 2.72. The van der Waals surface area contributed by atoms with Gasteiger partial charge < -0.3 is 5.32 Å². The monoisotopic (exact) mass is 396 g/mol. The summed E-state index contributed by atoms with van der Waals surface area (Å²) < 4.78 is 52.0. The minimum atomic E-state index is -3.97. The molecule has 0 aromatic heterocycles. The molecule has 0 aliphatic rings. The van der Waals surface area contributed by atoms with Crippen molar-refractivity contribution in [3.8, 4) is 0 Å². The molecule has 2 rings (SSSR count). The number of anilines is 2. The average Bonchev–Trinajstić information content (AvgIpc) is 2.54. The first-order valence-corrected chi connectivity index (χ1v) is 10.2. The molecule has 2 aromatic rings. The van der Waals surface area contributed by atoms with Gasteiger partial charge in [0, 0.05) is 11.8 Å². The van der Waals surface area contributed by atoms with Crippen LogP contribution in [0.1, 0.15) is 30.9 Å². The number of nitrogens with zero attached hydrogens (tertiary/aromatic N) is 1. The molecule has 0 radical (unpaired) electrons. The molecule has 0 saturated carbocycles. The van der Waals surface area contributed by atoms with Gasteiger partial charge in [-0.05, 0) is 36.1 Å².